The maximum atomic E-state index is 14.1. The summed E-state index contributed by atoms with van der Waals surface area (Å²) in [4.78, 5) is 8.18. The van der Waals surface area contributed by atoms with Gasteiger partial charge in [-0.1, -0.05) is 15.9 Å². The summed E-state index contributed by atoms with van der Waals surface area (Å²) in [6, 6.07) is 2.78. The quantitative estimate of drug-likeness (QED) is 0.765. The van der Waals surface area contributed by atoms with Crippen LogP contribution >= 0.6 is 27.3 Å². The molecule has 1 aliphatic heterocycles. The Kier molecular flexibility index (Phi) is 4.40. The molecule has 0 atom stereocenters. The van der Waals surface area contributed by atoms with Crippen LogP contribution in [0.2, 0.25) is 0 Å². The second-order valence-corrected chi connectivity index (χ2v) is 6.26. The lowest BCUT2D eigenvalue weighted by Gasteiger charge is -2.36. The van der Waals surface area contributed by atoms with Gasteiger partial charge in [0.25, 0.3) is 0 Å². The molecule has 0 bridgehead atoms. The normalized spacial score (nSPS) is 15.6. The fourth-order valence-electron chi connectivity index (χ4n) is 2.49. The molecule has 1 saturated heterocycles. The highest BCUT2D eigenvalue weighted by molar-refractivity contribution is 9.08. The number of hydrogen-bond donors (Lipinski definition) is 0. The van der Waals surface area contributed by atoms with Gasteiger partial charge in [0.1, 0.15) is 17.3 Å². The molecule has 0 aliphatic carbocycles. The molecule has 112 valence electrons. The average Bonchev–Trinajstić information content (AvgIpc) is 3.01. The molecule has 0 spiro atoms. The highest BCUT2D eigenvalue weighted by Gasteiger charge is 2.23. The zero-order chi connectivity index (χ0) is 14.8. The molecule has 21 heavy (non-hydrogen) atoms. The smallest absolute Gasteiger partial charge is 0.185 e. The monoisotopic (exact) mass is 373 g/mol. The van der Waals surface area contributed by atoms with Crippen LogP contribution < -0.4 is 9.80 Å². The molecule has 7 heteroatoms. The van der Waals surface area contributed by atoms with Gasteiger partial charge >= 0.3 is 0 Å². The van der Waals surface area contributed by atoms with Gasteiger partial charge in [0, 0.05) is 43.1 Å². The summed E-state index contributed by atoms with van der Waals surface area (Å²) in [6.45, 7) is 2.60. The molecule has 3 rings (SSSR count). The number of rotatable bonds is 3. The minimum Gasteiger partial charge on any atom is -0.363 e. The number of alkyl halides is 1. The number of halogens is 3. The summed E-state index contributed by atoms with van der Waals surface area (Å²) in [7, 11) is 0. The van der Waals surface area contributed by atoms with Crippen LogP contribution in [0.1, 0.15) is 5.56 Å². The van der Waals surface area contributed by atoms with Crippen molar-refractivity contribution in [2.45, 2.75) is 5.33 Å². The van der Waals surface area contributed by atoms with Crippen molar-refractivity contribution in [1.29, 1.82) is 0 Å². The molecular weight excluding hydrogens is 360 g/mol. The van der Waals surface area contributed by atoms with E-state index in [0.29, 0.717) is 37.1 Å². The van der Waals surface area contributed by atoms with Crippen LogP contribution in [-0.4, -0.2) is 31.2 Å². The Hall–Kier alpha value is -1.21. The summed E-state index contributed by atoms with van der Waals surface area (Å²) >= 11 is 4.80. The lowest BCUT2D eigenvalue weighted by atomic mass is 10.1. The lowest BCUT2D eigenvalue weighted by molar-refractivity contribution is 0.555. The first-order chi connectivity index (χ1) is 10.2. The van der Waals surface area contributed by atoms with Crippen molar-refractivity contribution in [2.24, 2.45) is 0 Å². The van der Waals surface area contributed by atoms with E-state index in [4.69, 9.17) is 0 Å². The van der Waals surface area contributed by atoms with Gasteiger partial charge in [0.05, 0.1) is 0 Å². The molecule has 1 fully saturated rings. The Morgan fingerprint density at radius 1 is 1.10 bits per heavy atom. The van der Waals surface area contributed by atoms with Crippen LogP contribution in [0.15, 0.2) is 23.7 Å². The second-order valence-electron chi connectivity index (χ2n) is 4.83. The van der Waals surface area contributed by atoms with Gasteiger partial charge in [0.2, 0.25) is 0 Å². The van der Waals surface area contributed by atoms with Gasteiger partial charge in [-0.25, -0.2) is 13.8 Å². The molecule has 0 radical (unpaired) electrons. The zero-order valence-electron chi connectivity index (χ0n) is 11.2. The van der Waals surface area contributed by atoms with Crippen LogP contribution in [0.3, 0.4) is 0 Å². The fourth-order valence-corrected chi connectivity index (χ4v) is 3.51. The number of thiazole rings is 1. The number of anilines is 2. The third-order valence-electron chi connectivity index (χ3n) is 3.52. The van der Waals surface area contributed by atoms with Crippen LogP contribution in [-0.2, 0) is 5.33 Å². The van der Waals surface area contributed by atoms with E-state index >= 15 is 0 Å². The van der Waals surface area contributed by atoms with Crippen molar-refractivity contribution in [3.05, 3.63) is 40.9 Å². The highest BCUT2D eigenvalue weighted by Crippen LogP contribution is 2.28. The Morgan fingerprint density at radius 2 is 1.71 bits per heavy atom. The van der Waals surface area contributed by atoms with Crippen molar-refractivity contribution < 1.29 is 8.78 Å². The predicted molar refractivity (Wildman–Crippen MR) is 85.5 cm³/mol. The van der Waals surface area contributed by atoms with Gasteiger partial charge in [-0.05, 0) is 17.7 Å². The number of hydrogen-bond acceptors (Lipinski definition) is 4. The van der Waals surface area contributed by atoms with E-state index in [-0.39, 0.29) is 5.69 Å². The van der Waals surface area contributed by atoms with Crippen LogP contribution in [0.4, 0.5) is 19.6 Å². The van der Waals surface area contributed by atoms with E-state index in [2.05, 4.69) is 25.8 Å². The molecule has 2 aromatic rings. The van der Waals surface area contributed by atoms with E-state index in [1.165, 1.54) is 12.1 Å². The van der Waals surface area contributed by atoms with Gasteiger partial charge in [-0.2, -0.15) is 0 Å². The van der Waals surface area contributed by atoms with Gasteiger partial charge in [0.15, 0.2) is 5.13 Å². The molecule has 0 saturated carbocycles. The van der Waals surface area contributed by atoms with Crippen LogP contribution in [0.5, 0.6) is 0 Å². The predicted octanol–water partition coefficient (Wildman–Crippen LogP) is 3.64. The Balaban J connectivity index is 1.75. The number of benzene rings is 1. The molecule has 0 unspecified atom stereocenters. The first kappa shape index (κ1) is 14.7. The number of piperazine rings is 1. The second kappa shape index (κ2) is 6.27. The van der Waals surface area contributed by atoms with Gasteiger partial charge < -0.3 is 9.80 Å². The first-order valence-corrected chi connectivity index (χ1v) is 8.62. The Labute approximate surface area is 134 Å². The number of aromatic nitrogens is 1. The third kappa shape index (κ3) is 3.03. The lowest BCUT2D eigenvalue weighted by Crippen LogP contribution is -2.47. The molecule has 1 aromatic heterocycles. The van der Waals surface area contributed by atoms with E-state index in [1.807, 2.05) is 5.38 Å². The SMILES string of the molecule is Fc1cc(CBr)cc(F)c1N1CCN(c2nccs2)CC1. The molecule has 0 amide bonds. The molecule has 1 aliphatic rings. The molecule has 3 nitrogen and oxygen atoms in total. The van der Waals surface area contributed by atoms with E-state index in [9.17, 15) is 8.78 Å². The van der Waals surface area contributed by atoms with Crippen LogP contribution in [0.25, 0.3) is 0 Å². The standard InChI is InChI=1S/C14H14BrF2N3S/c15-9-10-7-11(16)13(12(17)8-10)19-2-4-20(5-3-19)14-18-1-6-21-14/h1,6-8H,2-5,9H2. The van der Waals surface area contributed by atoms with Crippen molar-refractivity contribution in [2.75, 3.05) is 36.0 Å². The Morgan fingerprint density at radius 3 is 2.24 bits per heavy atom. The topological polar surface area (TPSA) is 19.4 Å². The van der Waals surface area contributed by atoms with Crippen molar-refractivity contribution in [3.63, 3.8) is 0 Å². The summed E-state index contributed by atoms with van der Waals surface area (Å²) < 4.78 is 28.3. The highest BCUT2D eigenvalue weighted by atomic mass is 79.9. The Bertz CT molecular complexity index is 590. The molecule has 2 heterocycles. The van der Waals surface area contributed by atoms with Gasteiger partial charge in [-0.15, -0.1) is 11.3 Å². The maximum absolute atomic E-state index is 14.1. The maximum Gasteiger partial charge on any atom is 0.185 e. The summed E-state index contributed by atoms with van der Waals surface area (Å²) in [6.07, 6.45) is 1.77. The van der Waals surface area contributed by atoms with Crippen molar-refractivity contribution in [1.82, 2.24) is 4.98 Å². The van der Waals surface area contributed by atoms with E-state index < -0.39 is 11.6 Å². The summed E-state index contributed by atoms with van der Waals surface area (Å²) in [5, 5.41) is 3.34. The van der Waals surface area contributed by atoms with Crippen molar-refractivity contribution >= 4 is 38.1 Å². The van der Waals surface area contributed by atoms with Crippen molar-refractivity contribution in [3.8, 4) is 0 Å². The molecule has 1 aromatic carbocycles. The zero-order valence-corrected chi connectivity index (χ0v) is 13.6. The summed E-state index contributed by atoms with van der Waals surface area (Å²) in [5.41, 5.74) is 0.689. The fraction of sp³-hybridized carbons (Fsp3) is 0.357. The first-order valence-electron chi connectivity index (χ1n) is 6.62. The average molecular weight is 374 g/mol. The summed E-state index contributed by atoms with van der Waals surface area (Å²) in [5.74, 6) is -0.987. The van der Waals surface area contributed by atoms with Gasteiger partial charge in [-0.3, -0.25) is 0 Å². The van der Waals surface area contributed by atoms with Crippen LogP contribution in [0, 0.1) is 11.6 Å². The third-order valence-corrected chi connectivity index (χ3v) is 5.00. The molecular formula is C14H14BrF2N3S. The van der Waals surface area contributed by atoms with E-state index in [0.717, 1.165) is 5.13 Å². The molecule has 0 N–H and O–H groups in total. The van der Waals surface area contributed by atoms with E-state index in [1.54, 1.807) is 22.4 Å². The number of nitrogens with zero attached hydrogens (tertiary/aromatic N) is 3. The minimum atomic E-state index is -0.493. The minimum absolute atomic E-state index is 0.0819. The largest absolute Gasteiger partial charge is 0.363 e.